The second-order valence-corrected chi connectivity index (χ2v) is 7.63. The molecule has 0 fully saturated rings. The summed E-state index contributed by atoms with van der Waals surface area (Å²) < 4.78 is 0. The normalized spacial score (nSPS) is 11.9. The van der Waals surface area contributed by atoms with Crippen LogP contribution in [0.1, 0.15) is 50.3 Å². The second-order valence-electron chi connectivity index (χ2n) is 7.63. The Kier molecular flexibility index (Phi) is 8.24. The lowest BCUT2D eigenvalue weighted by atomic mass is 10.0. The fraction of sp³-hybridized carbons (Fsp3) is 0.417. The molecule has 0 spiro atoms. The Morgan fingerprint density at radius 2 is 1.61 bits per heavy atom. The predicted octanol–water partition coefficient (Wildman–Crippen LogP) is 4.26. The molecule has 1 unspecified atom stereocenters. The molecule has 0 aliphatic rings. The minimum Gasteiger partial charge on any atom is -0.352 e. The van der Waals surface area contributed by atoms with Crippen molar-refractivity contribution in [1.29, 1.82) is 0 Å². The summed E-state index contributed by atoms with van der Waals surface area (Å²) in [5.74, 6) is -0.0849. The molecular weight excluding hydrogens is 348 g/mol. The molecule has 28 heavy (non-hydrogen) atoms. The molecular formula is C24H32N2O2. The van der Waals surface area contributed by atoms with Crippen molar-refractivity contribution in [3.8, 4) is 0 Å². The van der Waals surface area contributed by atoms with E-state index in [2.05, 4.69) is 5.32 Å². The van der Waals surface area contributed by atoms with Crippen LogP contribution in [0.3, 0.4) is 0 Å². The van der Waals surface area contributed by atoms with Crippen molar-refractivity contribution >= 4 is 11.8 Å². The van der Waals surface area contributed by atoms with Gasteiger partial charge in [0.05, 0.1) is 0 Å². The number of hydrogen-bond acceptors (Lipinski definition) is 2. The van der Waals surface area contributed by atoms with Crippen molar-refractivity contribution in [2.75, 3.05) is 0 Å². The fourth-order valence-corrected chi connectivity index (χ4v) is 3.18. The number of nitrogens with zero attached hydrogens (tertiary/aromatic N) is 1. The molecule has 1 atom stereocenters. The number of hydrogen-bond donors (Lipinski definition) is 1. The lowest BCUT2D eigenvalue weighted by molar-refractivity contribution is -0.141. The summed E-state index contributed by atoms with van der Waals surface area (Å²) in [4.78, 5) is 27.8. The quantitative estimate of drug-likeness (QED) is 0.707. The van der Waals surface area contributed by atoms with Crippen LogP contribution < -0.4 is 5.32 Å². The van der Waals surface area contributed by atoms with Crippen molar-refractivity contribution in [2.24, 2.45) is 0 Å². The molecule has 0 aliphatic heterocycles. The van der Waals surface area contributed by atoms with E-state index in [4.69, 9.17) is 0 Å². The standard InChI is InChI=1S/C24H32N2O2/c1-5-9-23(27)26(17-21-14-12-19(4)13-15-21)22(24(28)25-18(2)3)16-20-10-7-6-8-11-20/h6-8,10-15,18,22H,5,9,16-17H2,1-4H3,(H,25,28). The van der Waals surface area contributed by atoms with Gasteiger partial charge in [0.15, 0.2) is 0 Å². The average Bonchev–Trinajstić information content (AvgIpc) is 2.66. The highest BCUT2D eigenvalue weighted by atomic mass is 16.2. The van der Waals surface area contributed by atoms with Crippen molar-refractivity contribution in [1.82, 2.24) is 10.2 Å². The van der Waals surface area contributed by atoms with E-state index in [-0.39, 0.29) is 17.9 Å². The number of amides is 2. The van der Waals surface area contributed by atoms with Crippen molar-refractivity contribution in [3.63, 3.8) is 0 Å². The van der Waals surface area contributed by atoms with Crippen LogP contribution in [0.25, 0.3) is 0 Å². The van der Waals surface area contributed by atoms with Gasteiger partial charge in [0.1, 0.15) is 6.04 Å². The Labute approximate surface area is 169 Å². The van der Waals surface area contributed by atoms with Gasteiger partial charge < -0.3 is 10.2 Å². The Bertz CT molecular complexity index is 754. The van der Waals surface area contributed by atoms with Gasteiger partial charge in [-0.05, 0) is 38.3 Å². The molecule has 1 N–H and O–H groups in total. The molecule has 0 aromatic heterocycles. The van der Waals surface area contributed by atoms with Gasteiger partial charge in [0.25, 0.3) is 0 Å². The Balaban J connectivity index is 2.35. The Morgan fingerprint density at radius 1 is 0.964 bits per heavy atom. The highest BCUT2D eigenvalue weighted by molar-refractivity contribution is 5.88. The first kappa shape index (κ1) is 21.7. The van der Waals surface area contributed by atoms with E-state index in [0.29, 0.717) is 19.4 Å². The first-order valence-corrected chi connectivity index (χ1v) is 10.1. The zero-order valence-corrected chi connectivity index (χ0v) is 17.4. The van der Waals surface area contributed by atoms with E-state index in [9.17, 15) is 9.59 Å². The average molecular weight is 381 g/mol. The van der Waals surface area contributed by atoms with E-state index in [1.54, 1.807) is 4.90 Å². The van der Waals surface area contributed by atoms with E-state index < -0.39 is 6.04 Å². The summed E-state index contributed by atoms with van der Waals surface area (Å²) in [6.45, 7) is 8.34. The first-order valence-electron chi connectivity index (χ1n) is 10.1. The monoisotopic (exact) mass is 380 g/mol. The number of aryl methyl sites for hydroxylation is 1. The van der Waals surface area contributed by atoms with Crippen molar-refractivity contribution < 1.29 is 9.59 Å². The lowest BCUT2D eigenvalue weighted by Crippen LogP contribution is -2.51. The summed E-state index contributed by atoms with van der Waals surface area (Å²) in [5.41, 5.74) is 3.25. The highest BCUT2D eigenvalue weighted by Crippen LogP contribution is 2.17. The van der Waals surface area contributed by atoms with Gasteiger partial charge in [0, 0.05) is 25.4 Å². The zero-order valence-electron chi connectivity index (χ0n) is 17.4. The molecule has 2 aromatic rings. The van der Waals surface area contributed by atoms with Crippen LogP contribution in [0.5, 0.6) is 0 Å². The topological polar surface area (TPSA) is 49.4 Å². The Hall–Kier alpha value is -2.62. The fourth-order valence-electron chi connectivity index (χ4n) is 3.18. The Morgan fingerprint density at radius 3 is 2.18 bits per heavy atom. The molecule has 0 aliphatic carbocycles. The summed E-state index contributed by atoms with van der Waals surface area (Å²) in [5, 5.41) is 3.00. The highest BCUT2D eigenvalue weighted by Gasteiger charge is 2.30. The van der Waals surface area contributed by atoms with Gasteiger partial charge in [-0.3, -0.25) is 9.59 Å². The predicted molar refractivity (Wildman–Crippen MR) is 114 cm³/mol. The minimum absolute atomic E-state index is 0.0166. The van der Waals surface area contributed by atoms with Crippen LogP contribution in [0.15, 0.2) is 54.6 Å². The van der Waals surface area contributed by atoms with E-state index in [0.717, 1.165) is 17.5 Å². The molecule has 4 heteroatoms. The van der Waals surface area contributed by atoms with E-state index in [1.165, 1.54) is 5.56 Å². The number of rotatable bonds is 9. The number of nitrogens with one attached hydrogen (secondary N) is 1. The van der Waals surface area contributed by atoms with E-state index in [1.807, 2.05) is 82.3 Å². The van der Waals surface area contributed by atoms with Crippen LogP contribution in [0.4, 0.5) is 0 Å². The molecule has 0 saturated heterocycles. The van der Waals surface area contributed by atoms with Crippen molar-refractivity contribution in [2.45, 2.75) is 65.6 Å². The maximum Gasteiger partial charge on any atom is 0.243 e. The largest absolute Gasteiger partial charge is 0.352 e. The molecule has 0 radical (unpaired) electrons. The van der Waals surface area contributed by atoms with Gasteiger partial charge in [0.2, 0.25) is 11.8 Å². The number of carbonyl (C=O) groups excluding carboxylic acids is 2. The lowest BCUT2D eigenvalue weighted by Gasteiger charge is -2.32. The molecule has 2 amide bonds. The summed E-state index contributed by atoms with van der Waals surface area (Å²) in [6.07, 6.45) is 1.69. The maximum atomic E-state index is 13.0. The second kappa shape index (κ2) is 10.6. The third-order valence-electron chi connectivity index (χ3n) is 4.64. The molecule has 4 nitrogen and oxygen atoms in total. The maximum absolute atomic E-state index is 13.0. The van der Waals surface area contributed by atoms with Crippen LogP contribution in [-0.2, 0) is 22.6 Å². The summed E-state index contributed by atoms with van der Waals surface area (Å²) in [6, 6.07) is 17.5. The van der Waals surface area contributed by atoms with Gasteiger partial charge in [-0.15, -0.1) is 0 Å². The summed E-state index contributed by atoms with van der Waals surface area (Å²) >= 11 is 0. The smallest absolute Gasteiger partial charge is 0.243 e. The van der Waals surface area contributed by atoms with Crippen LogP contribution in [0.2, 0.25) is 0 Å². The minimum atomic E-state index is -0.537. The molecule has 2 rings (SSSR count). The van der Waals surface area contributed by atoms with Crippen LogP contribution in [-0.4, -0.2) is 28.8 Å². The molecule has 0 bridgehead atoms. The molecule has 0 heterocycles. The first-order chi connectivity index (χ1) is 13.4. The molecule has 0 saturated carbocycles. The number of carbonyl (C=O) groups is 2. The van der Waals surface area contributed by atoms with Gasteiger partial charge in [-0.25, -0.2) is 0 Å². The third-order valence-corrected chi connectivity index (χ3v) is 4.64. The zero-order chi connectivity index (χ0) is 20.5. The summed E-state index contributed by atoms with van der Waals surface area (Å²) in [7, 11) is 0. The third kappa shape index (κ3) is 6.52. The van der Waals surface area contributed by atoms with E-state index >= 15 is 0 Å². The molecule has 2 aromatic carbocycles. The van der Waals surface area contributed by atoms with Gasteiger partial charge in [-0.1, -0.05) is 67.1 Å². The van der Waals surface area contributed by atoms with Crippen LogP contribution >= 0.6 is 0 Å². The van der Waals surface area contributed by atoms with Crippen LogP contribution in [0, 0.1) is 6.92 Å². The SMILES string of the molecule is CCCC(=O)N(Cc1ccc(C)cc1)C(Cc1ccccc1)C(=O)NC(C)C. The molecule has 150 valence electrons. The van der Waals surface area contributed by atoms with Gasteiger partial charge in [-0.2, -0.15) is 0 Å². The van der Waals surface area contributed by atoms with Crippen molar-refractivity contribution in [3.05, 3.63) is 71.3 Å². The van der Waals surface area contributed by atoms with Gasteiger partial charge >= 0.3 is 0 Å². The number of benzene rings is 2.